The molecule has 0 radical (unpaired) electrons. The second kappa shape index (κ2) is 9.38. The van der Waals surface area contributed by atoms with Crippen molar-refractivity contribution < 1.29 is 19.5 Å². The van der Waals surface area contributed by atoms with Crippen LogP contribution in [0.2, 0.25) is 0 Å². The van der Waals surface area contributed by atoms with E-state index in [1.807, 2.05) is 30.3 Å². The lowest BCUT2D eigenvalue weighted by molar-refractivity contribution is -0.137. The van der Waals surface area contributed by atoms with E-state index in [4.69, 9.17) is 10.8 Å². The quantitative estimate of drug-likeness (QED) is 0.571. The van der Waals surface area contributed by atoms with Gasteiger partial charge in [-0.05, 0) is 49.1 Å². The minimum absolute atomic E-state index is 0.0476. The highest BCUT2D eigenvalue weighted by atomic mass is 16.4. The number of primary amides is 1. The highest BCUT2D eigenvalue weighted by Crippen LogP contribution is 2.15. The molecule has 0 fully saturated rings. The number of aryl methyl sites for hydroxylation is 1. The molecule has 5 N–H and O–H groups in total. The van der Waals surface area contributed by atoms with Crippen molar-refractivity contribution in [2.75, 3.05) is 5.32 Å². The fourth-order valence-corrected chi connectivity index (χ4v) is 2.77. The molecule has 0 bridgehead atoms. The minimum Gasteiger partial charge on any atom is -0.481 e. The van der Waals surface area contributed by atoms with Crippen LogP contribution >= 0.6 is 0 Å². The second-order valence-electron chi connectivity index (χ2n) is 6.37. The lowest BCUT2D eigenvalue weighted by Crippen LogP contribution is -2.39. The van der Waals surface area contributed by atoms with Gasteiger partial charge in [-0.15, -0.1) is 0 Å². The number of aliphatic carboxylic acids is 1. The molecule has 0 saturated carbocycles. The van der Waals surface area contributed by atoms with E-state index in [1.54, 1.807) is 19.1 Å². The number of hydrogen-bond donors (Lipinski definition) is 4. The van der Waals surface area contributed by atoms with Gasteiger partial charge in [0.1, 0.15) is 0 Å². The Labute approximate surface area is 157 Å². The number of rotatable bonds is 8. The molecule has 142 valence electrons. The number of anilines is 1. The molecule has 0 spiro atoms. The summed E-state index contributed by atoms with van der Waals surface area (Å²) in [7, 11) is 0. The molecule has 0 aliphatic heterocycles. The molecule has 0 aromatic heterocycles. The summed E-state index contributed by atoms with van der Waals surface area (Å²) in [5.41, 5.74) is 7.82. The Morgan fingerprint density at radius 2 is 1.81 bits per heavy atom. The van der Waals surface area contributed by atoms with Crippen LogP contribution in [0.4, 0.5) is 10.5 Å². The van der Waals surface area contributed by atoms with Crippen molar-refractivity contribution >= 4 is 23.6 Å². The summed E-state index contributed by atoms with van der Waals surface area (Å²) in [6.45, 7) is 1.79. The van der Waals surface area contributed by atoms with E-state index in [9.17, 15) is 14.4 Å². The fourth-order valence-electron chi connectivity index (χ4n) is 2.77. The van der Waals surface area contributed by atoms with E-state index >= 15 is 0 Å². The Kier molecular flexibility index (Phi) is 6.93. The van der Waals surface area contributed by atoms with Crippen LogP contribution in [-0.2, 0) is 11.2 Å². The van der Waals surface area contributed by atoms with Gasteiger partial charge >= 0.3 is 12.0 Å². The average molecular weight is 369 g/mol. The van der Waals surface area contributed by atoms with Crippen molar-refractivity contribution in [1.29, 1.82) is 0 Å². The zero-order valence-corrected chi connectivity index (χ0v) is 15.1. The van der Waals surface area contributed by atoms with Crippen LogP contribution in [0.3, 0.4) is 0 Å². The SMILES string of the molecule is Cc1cc(NC(=O)NC(CCC(=O)O)Cc2ccccc2)cc(C(N)=O)c1. The van der Waals surface area contributed by atoms with Gasteiger partial charge in [-0.2, -0.15) is 0 Å². The van der Waals surface area contributed by atoms with Crippen LogP contribution in [0.1, 0.15) is 34.3 Å². The van der Waals surface area contributed by atoms with Crippen LogP contribution in [0.15, 0.2) is 48.5 Å². The molecule has 3 amide bonds. The number of hydrogen-bond acceptors (Lipinski definition) is 3. The number of carboxylic acids is 1. The first-order valence-corrected chi connectivity index (χ1v) is 8.58. The Morgan fingerprint density at radius 1 is 1.11 bits per heavy atom. The van der Waals surface area contributed by atoms with Crippen LogP contribution in [0.25, 0.3) is 0 Å². The number of nitrogens with one attached hydrogen (secondary N) is 2. The Hall–Kier alpha value is -3.35. The third-order valence-corrected chi connectivity index (χ3v) is 3.99. The van der Waals surface area contributed by atoms with Gasteiger partial charge in [0.2, 0.25) is 5.91 Å². The number of amides is 3. The van der Waals surface area contributed by atoms with E-state index in [0.717, 1.165) is 11.1 Å². The molecular weight excluding hydrogens is 346 g/mol. The summed E-state index contributed by atoms with van der Waals surface area (Å²) in [5, 5.41) is 14.4. The van der Waals surface area contributed by atoms with E-state index in [1.165, 1.54) is 6.07 Å². The summed E-state index contributed by atoms with van der Waals surface area (Å²) >= 11 is 0. The molecule has 0 heterocycles. The van der Waals surface area contributed by atoms with Gasteiger partial charge in [0.25, 0.3) is 0 Å². The number of carbonyl (C=O) groups excluding carboxylic acids is 2. The summed E-state index contributed by atoms with van der Waals surface area (Å²) in [6.07, 6.45) is 0.772. The zero-order chi connectivity index (χ0) is 19.8. The van der Waals surface area contributed by atoms with Crippen molar-refractivity contribution in [3.8, 4) is 0 Å². The van der Waals surface area contributed by atoms with Crippen molar-refractivity contribution in [2.24, 2.45) is 5.73 Å². The molecule has 27 heavy (non-hydrogen) atoms. The average Bonchev–Trinajstić information content (AvgIpc) is 2.60. The van der Waals surface area contributed by atoms with Crippen molar-refractivity contribution in [3.63, 3.8) is 0 Å². The molecule has 2 aromatic carbocycles. The van der Waals surface area contributed by atoms with E-state index in [-0.39, 0.29) is 12.5 Å². The fraction of sp³-hybridized carbons (Fsp3) is 0.250. The third-order valence-electron chi connectivity index (χ3n) is 3.99. The predicted molar refractivity (Wildman–Crippen MR) is 103 cm³/mol. The van der Waals surface area contributed by atoms with Gasteiger partial charge in [0.05, 0.1) is 0 Å². The maximum atomic E-state index is 12.4. The minimum atomic E-state index is -0.917. The normalized spacial score (nSPS) is 11.4. The Balaban J connectivity index is 2.06. The Bertz CT molecular complexity index is 821. The molecule has 2 rings (SSSR count). The highest BCUT2D eigenvalue weighted by molar-refractivity contribution is 5.96. The van der Waals surface area contributed by atoms with Gasteiger partial charge in [0.15, 0.2) is 0 Å². The highest BCUT2D eigenvalue weighted by Gasteiger charge is 2.15. The second-order valence-corrected chi connectivity index (χ2v) is 6.37. The lowest BCUT2D eigenvalue weighted by atomic mass is 10.0. The number of carbonyl (C=O) groups is 3. The molecule has 0 saturated heterocycles. The Morgan fingerprint density at radius 3 is 2.44 bits per heavy atom. The first kappa shape index (κ1) is 20.0. The zero-order valence-electron chi connectivity index (χ0n) is 15.1. The molecule has 7 heteroatoms. The largest absolute Gasteiger partial charge is 0.481 e. The van der Waals surface area contributed by atoms with Gasteiger partial charge in [-0.25, -0.2) is 4.79 Å². The van der Waals surface area contributed by atoms with E-state index in [0.29, 0.717) is 24.1 Å². The molecule has 1 atom stereocenters. The maximum Gasteiger partial charge on any atom is 0.319 e. The maximum absolute atomic E-state index is 12.4. The standard InChI is InChI=1S/C20H23N3O4/c1-13-9-15(19(21)26)12-17(10-13)23-20(27)22-16(7-8-18(24)25)11-14-5-3-2-4-6-14/h2-6,9-10,12,16H,7-8,11H2,1H3,(H2,21,26)(H,24,25)(H2,22,23,27). The monoisotopic (exact) mass is 369 g/mol. The summed E-state index contributed by atoms with van der Waals surface area (Å²) in [4.78, 5) is 34.6. The van der Waals surface area contributed by atoms with Crippen molar-refractivity contribution in [1.82, 2.24) is 5.32 Å². The molecule has 0 aliphatic carbocycles. The smallest absolute Gasteiger partial charge is 0.319 e. The summed E-state index contributed by atoms with van der Waals surface area (Å²) < 4.78 is 0. The molecule has 2 aromatic rings. The van der Waals surface area contributed by atoms with Gasteiger partial charge < -0.3 is 21.5 Å². The topological polar surface area (TPSA) is 122 Å². The van der Waals surface area contributed by atoms with Crippen LogP contribution in [0, 0.1) is 6.92 Å². The number of nitrogens with two attached hydrogens (primary N) is 1. The number of benzene rings is 2. The molecule has 0 aliphatic rings. The molecule has 1 unspecified atom stereocenters. The third kappa shape index (κ3) is 6.81. The van der Waals surface area contributed by atoms with Gasteiger partial charge in [-0.1, -0.05) is 30.3 Å². The van der Waals surface area contributed by atoms with Crippen molar-refractivity contribution in [3.05, 3.63) is 65.2 Å². The first-order valence-electron chi connectivity index (χ1n) is 8.58. The molecule has 7 nitrogen and oxygen atoms in total. The summed E-state index contributed by atoms with van der Waals surface area (Å²) in [6, 6.07) is 13.6. The van der Waals surface area contributed by atoms with Crippen LogP contribution < -0.4 is 16.4 Å². The lowest BCUT2D eigenvalue weighted by Gasteiger charge is -2.19. The van der Waals surface area contributed by atoms with Crippen molar-refractivity contribution in [2.45, 2.75) is 32.2 Å². The number of carboxylic acid groups (broad SMARTS) is 1. The van der Waals surface area contributed by atoms with E-state index < -0.39 is 17.9 Å². The predicted octanol–water partition coefficient (Wildman–Crippen LogP) is 2.69. The van der Waals surface area contributed by atoms with Crippen LogP contribution in [-0.4, -0.2) is 29.1 Å². The van der Waals surface area contributed by atoms with Crippen LogP contribution in [0.5, 0.6) is 0 Å². The first-order chi connectivity index (χ1) is 12.8. The van der Waals surface area contributed by atoms with E-state index in [2.05, 4.69) is 10.6 Å². The number of urea groups is 1. The van der Waals surface area contributed by atoms with Gasteiger partial charge in [0, 0.05) is 23.7 Å². The van der Waals surface area contributed by atoms with Gasteiger partial charge in [-0.3, -0.25) is 9.59 Å². The summed E-state index contributed by atoms with van der Waals surface area (Å²) in [5.74, 6) is -1.49. The molecular formula is C20H23N3O4.